The van der Waals surface area contributed by atoms with E-state index >= 15 is 0 Å². The van der Waals surface area contributed by atoms with E-state index in [-0.39, 0.29) is 18.2 Å². The maximum atomic E-state index is 13.0. The fraction of sp³-hybridized carbons (Fsp3) is 0.440. The number of ether oxygens (including phenoxy) is 1. The number of hydrogen-bond acceptors (Lipinski definition) is 7. The molecular weight excluding hydrogens is 501 g/mol. The van der Waals surface area contributed by atoms with Gasteiger partial charge in [0.15, 0.2) is 11.6 Å². The lowest BCUT2D eigenvalue weighted by molar-refractivity contribution is 0.0368. The first-order chi connectivity index (χ1) is 18.1. The third-order valence-electron chi connectivity index (χ3n) is 6.53. The Labute approximate surface area is 218 Å². The molecule has 4 N–H and O–H groups in total. The first-order valence-electron chi connectivity index (χ1n) is 12.2. The van der Waals surface area contributed by atoms with Crippen LogP contribution in [0.3, 0.4) is 0 Å². The second-order valence-corrected chi connectivity index (χ2v) is 9.39. The minimum Gasteiger partial charge on any atom is -0.433 e. The largest absolute Gasteiger partial charge is 0.433 e. The number of alkyl halides is 3. The summed E-state index contributed by atoms with van der Waals surface area (Å²) in [7, 11) is 2.11. The molecule has 10 nitrogen and oxygen atoms in total. The van der Waals surface area contributed by atoms with Gasteiger partial charge in [0.25, 0.3) is 12.3 Å². The van der Waals surface area contributed by atoms with Crippen molar-refractivity contribution in [3.63, 3.8) is 0 Å². The average molecular weight is 533 g/mol. The van der Waals surface area contributed by atoms with Gasteiger partial charge in [-0.1, -0.05) is 0 Å². The number of benzene rings is 1. The Morgan fingerprint density at radius 2 is 1.87 bits per heavy atom. The summed E-state index contributed by atoms with van der Waals surface area (Å²) in [6, 6.07) is 2.99. The molecule has 38 heavy (non-hydrogen) atoms. The minimum absolute atomic E-state index is 0.0305. The predicted octanol–water partition coefficient (Wildman–Crippen LogP) is 3.96. The molecule has 3 heterocycles. The van der Waals surface area contributed by atoms with Crippen molar-refractivity contribution in [3.05, 3.63) is 47.4 Å². The Morgan fingerprint density at radius 3 is 2.53 bits per heavy atom. The highest BCUT2D eigenvalue weighted by molar-refractivity contribution is 5.74. The Bertz CT molecular complexity index is 1250. The van der Waals surface area contributed by atoms with Crippen LogP contribution in [0.15, 0.2) is 30.7 Å². The van der Waals surface area contributed by atoms with E-state index in [1.165, 1.54) is 6.20 Å². The second kappa shape index (κ2) is 11.7. The molecule has 2 amide bonds. The highest BCUT2D eigenvalue weighted by Crippen LogP contribution is 2.30. The Morgan fingerprint density at radius 1 is 1.18 bits per heavy atom. The molecule has 3 aromatic rings. The fourth-order valence-corrected chi connectivity index (χ4v) is 4.37. The number of aryl methyl sites for hydroxylation is 2. The number of nitrogen functional groups attached to an aromatic ring is 1. The van der Waals surface area contributed by atoms with Crippen molar-refractivity contribution < 1.29 is 22.7 Å². The first-order valence-corrected chi connectivity index (χ1v) is 12.2. The van der Waals surface area contributed by atoms with Crippen LogP contribution in [0, 0.1) is 13.8 Å². The van der Waals surface area contributed by atoms with E-state index < -0.39 is 18.8 Å². The number of carbonyl (C=O) groups is 1. The molecule has 4 rings (SSSR count). The zero-order valence-corrected chi connectivity index (χ0v) is 21.4. The number of nitrogens with one attached hydrogen (secondary N) is 2. The van der Waals surface area contributed by atoms with E-state index in [0.29, 0.717) is 17.5 Å². The average Bonchev–Trinajstić information content (AvgIpc) is 3.33. The van der Waals surface area contributed by atoms with Crippen LogP contribution in [0.4, 0.5) is 23.8 Å². The number of nitrogens with two attached hydrogens (primary N) is 1. The zero-order valence-electron chi connectivity index (χ0n) is 21.4. The summed E-state index contributed by atoms with van der Waals surface area (Å²) in [6.07, 6.45) is 0.992. The summed E-state index contributed by atoms with van der Waals surface area (Å²) >= 11 is 0. The van der Waals surface area contributed by atoms with Crippen molar-refractivity contribution >= 4 is 11.8 Å². The Hall–Kier alpha value is -3.87. The van der Waals surface area contributed by atoms with Crippen molar-refractivity contribution in [2.24, 2.45) is 0 Å². The highest BCUT2D eigenvalue weighted by Gasteiger charge is 2.22. The number of anilines is 1. The quantitative estimate of drug-likeness (QED) is 0.375. The second-order valence-electron chi connectivity index (χ2n) is 9.39. The lowest BCUT2D eigenvalue weighted by atomic mass is 9.98. The number of likely N-dealkylation sites (tertiary alicyclic amines) is 1. The lowest BCUT2D eigenvalue weighted by Crippen LogP contribution is -2.43. The van der Waals surface area contributed by atoms with Crippen LogP contribution >= 0.6 is 0 Å². The smallest absolute Gasteiger partial charge is 0.317 e. The lowest BCUT2D eigenvalue weighted by Gasteiger charge is -2.28. The topological polar surface area (TPSA) is 123 Å². The van der Waals surface area contributed by atoms with E-state index in [9.17, 15) is 18.0 Å². The molecule has 1 atom stereocenters. The number of aromatic nitrogens is 4. The maximum Gasteiger partial charge on any atom is 0.317 e. The summed E-state index contributed by atoms with van der Waals surface area (Å²) < 4.78 is 45.5. The molecule has 0 bridgehead atoms. The molecule has 1 aromatic carbocycles. The van der Waals surface area contributed by atoms with Crippen LogP contribution in [0.5, 0.6) is 11.6 Å². The van der Waals surface area contributed by atoms with E-state index in [1.807, 2.05) is 36.9 Å². The first kappa shape index (κ1) is 27.2. The molecule has 1 saturated heterocycles. The molecular formula is C25H31F3N8O2. The predicted molar refractivity (Wildman–Crippen MR) is 136 cm³/mol. The Balaban J connectivity index is 1.46. The van der Waals surface area contributed by atoms with Crippen molar-refractivity contribution in [2.45, 2.75) is 52.0 Å². The number of halogens is 3. The van der Waals surface area contributed by atoms with Gasteiger partial charge in [-0.2, -0.15) is 5.10 Å². The standard InChI is InChI=1S/C25H31F3N8O2/c1-14-8-16(9-15(2)19(14)11-31-25(37)34-22(28)21(26)27)20-12-30-23(29)24(33-20)38-18-10-32-36(13-18)17-4-6-35(3)7-5-17/h8-10,12-13,17,21-22H,4-7,11H2,1-3H3,(H2,29,30)(H2,31,34,37). The molecule has 0 saturated carbocycles. The van der Waals surface area contributed by atoms with Gasteiger partial charge in [-0.25, -0.2) is 27.9 Å². The molecule has 2 aromatic heterocycles. The van der Waals surface area contributed by atoms with Gasteiger partial charge in [0.2, 0.25) is 6.30 Å². The van der Waals surface area contributed by atoms with Crippen LogP contribution in [-0.4, -0.2) is 63.5 Å². The van der Waals surface area contributed by atoms with Crippen LogP contribution < -0.4 is 21.1 Å². The van der Waals surface area contributed by atoms with Gasteiger partial charge in [-0.05, 0) is 75.6 Å². The van der Waals surface area contributed by atoms with Gasteiger partial charge in [0.1, 0.15) is 0 Å². The van der Waals surface area contributed by atoms with Gasteiger partial charge in [-0.3, -0.25) is 4.68 Å². The molecule has 0 spiro atoms. The van der Waals surface area contributed by atoms with E-state index in [1.54, 1.807) is 11.5 Å². The van der Waals surface area contributed by atoms with Crippen LogP contribution in [0.1, 0.15) is 35.6 Å². The monoisotopic (exact) mass is 532 g/mol. The normalized spacial score (nSPS) is 15.4. The molecule has 0 radical (unpaired) electrons. The summed E-state index contributed by atoms with van der Waals surface area (Å²) in [5.41, 5.74) is 9.69. The van der Waals surface area contributed by atoms with Gasteiger partial charge >= 0.3 is 6.03 Å². The number of nitrogens with zero attached hydrogens (tertiary/aromatic N) is 5. The number of carbonyl (C=O) groups excluding carboxylic acids is 1. The number of urea groups is 1. The number of amides is 2. The van der Waals surface area contributed by atoms with Gasteiger partial charge in [-0.15, -0.1) is 0 Å². The summed E-state index contributed by atoms with van der Waals surface area (Å²) in [5, 5.41) is 8.41. The van der Waals surface area contributed by atoms with Gasteiger partial charge in [0, 0.05) is 12.1 Å². The minimum atomic E-state index is -3.30. The van der Waals surface area contributed by atoms with Gasteiger partial charge < -0.3 is 26.0 Å². The summed E-state index contributed by atoms with van der Waals surface area (Å²) in [4.78, 5) is 22.8. The van der Waals surface area contributed by atoms with Crippen molar-refractivity contribution in [2.75, 3.05) is 25.9 Å². The Kier molecular flexibility index (Phi) is 8.35. The molecule has 13 heteroatoms. The molecule has 204 valence electrons. The zero-order chi connectivity index (χ0) is 27.4. The third kappa shape index (κ3) is 6.52. The van der Waals surface area contributed by atoms with Crippen molar-refractivity contribution in [1.82, 2.24) is 35.3 Å². The summed E-state index contributed by atoms with van der Waals surface area (Å²) in [6.45, 7) is 5.73. The SMILES string of the molecule is Cc1cc(-c2cnc(N)c(Oc3cnn(C4CCN(C)CC4)c3)n2)cc(C)c1CNC(=O)NC(F)C(F)F. The third-order valence-corrected chi connectivity index (χ3v) is 6.53. The molecule has 0 aliphatic carbocycles. The van der Waals surface area contributed by atoms with Gasteiger partial charge in [0.05, 0.1) is 30.3 Å². The maximum absolute atomic E-state index is 13.0. The molecule has 1 fully saturated rings. The van der Waals surface area contributed by atoms with Crippen LogP contribution in [0.25, 0.3) is 11.3 Å². The highest BCUT2D eigenvalue weighted by atomic mass is 19.3. The molecule has 1 aliphatic heterocycles. The molecule has 1 aliphatic rings. The number of hydrogen-bond donors (Lipinski definition) is 3. The summed E-state index contributed by atoms with van der Waals surface area (Å²) in [5.74, 6) is 0.801. The van der Waals surface area contributed by atoms with Crippen LogP contribution in [-0.2, 0) is 6.54 Å². The van der Waals surface area contributed by atoms with E-state index in [4.69, 9.17) is 10.5 Å². The number of rotatable bonds is 8. The van der Waals surface area contributed by atoms with Crippen molar-refractivity contribution in [3.8, 4) is 22.9 Å². The van der Waals surface area contributed by atoms with E-state index in [2.05, 4.69) is 32.3 Å². The number of piperidine rings is 1. The van der Waals surface area contributed by atoms with Crippen LogP contribution in [0.2, 0.25) is 0 Å². The fourth-order valence-electron chi connectivity index (χ4n) is 4.37. The van der Waals surface area contributed by atoms with Crippen molar-refractivity contribution in [1.29, 1.82) is 0 Å². The van der Waals surface area contributed by atoms with E-state index in [0.717, 1.165) is 48.2 Å². The molecule has 1 unspecified atom stereocenters.